The Hall–Kier alpha value is -3.04. The van der Waals surface area contributed by atoms with Gasteiger partial charge in [-0.05, 0) is 51.4 Å². The van der Waals surface area contributed by atoms with Gasteiger partial charge in [-0.3, -0.25) is 0 Å². The van der Waals surface area contributed by atoms with Gasteiger partial charge in [-0.15, -0.1) is 0 Å². The van der Waals surface area contributed by atoms with Gasteiger partial charge in [-0.1, -0.05) is 336 Å². The molecule has 20 heteroatoms. The Morgan fingerprint density at radius 2 is 0.350 bits per heavy atom. The van der Waals surface area contributed by atoms with E-state index in [4.69, 9.17) is 19.2 Å². The van der Waals surface area contributed by atoms with Crippen molar-refractivity contribution in [2.24, 2.45) is 28.2 Å². The molecule has 0 unspecified atom stereocenters. The Labute approximate surface area is 610 Å². The van der Waals surface area contributed by atoms with E-state index in [0.29, 0.717) is 0 Å². The van der Waals surface area contributed by atoms with Gasteiger partial charge in [0.2, 0.25) is 25.3 Å². The van der Waals surface area contributed by atoms with Crippen LogP contribution < -0.4 is 32.9 Å². The maximum absolute atomic E-state index is 10.7. The molecule has 4 rings (SSSR count). The topological polar surface area (TPSA) is 121 Å². The molecule has 4 heterocycles. The number of aromatic nitrogens is 8. The summed E-state index contributed by atoms with van der Waals surface area (Å²) in [6.45, 7) is 13.9. The first-order valence-corrected chi connectivity index (χ1v) is 44.6. The van der Waals surface area contributed by atoms with Gasteiger partial charge >= 0.3 is 33.0 Å². The van der Waals surface area contributed by atoms with Crippen LogP contribution in [0.25, 0.3) is 0 Å². The van der Waals surface area contributed by atoms with Crippen molar-refractivity contribution >= 4 is 15.6 Å². The summed E-state index contributed by atoms with van der Waals surface area (Å²) in [6, 6.07) is 0. The summed E-state index contributed by atoms with van der Waals surface area (Å²) in [5.41, 5.74) is 0. The Morgan fingerprint density at radius 1 is 0.250 bits per heavy atom. The average Bonchev–Trinajstić information content (AvgIpc) is 1.33. The minimum absolute atomic E-state index is 1.18. The predicted octanol–water partition coefficient (Wildman–Crippen LogP) is 23.7. The average molecular weight is 1470 g/mol. The third-order valence-corrected chi connectivity index (χ3v) is 18.4. The molecular formula is C80H156F6N8O4P2. The molecule has 12 nitrogen and oxygen atoms in total. The van der Waals surface area contributed by atoms with E-state index in [1.165, 1.54) is 386 Å². The van der Waals surface area contributed by atoms with Crippen molar-refractivity contribution in [1.29, 1.82) is 0 Å². The van der Waals surface area contributed by atoms with Crippen molar-refractivity contribution in [2.75, 3.05) is 0 Å². The number of rotatable bonds is 60. The number of hydrogen-bond donors (Lipinski definition) is 0. The van der Waals surface area contributed by atoms with Crippen LogP contribution in [-0.2, 0) is 58.9 Å². The molecule has 0 aromatic carbocycles. The van der Waals surface area contributed by atoms with Crippen LogP contribution in [0.2, 0.25) is 0 Å². The number of unbranched alkanes of at least 4 members (excludes halogenated alkanes) is 52. The van der Waals surface area contributed by atoms with Gasteiger partial charge in [-0.2, -0.15) is 7.82 Å². The third kappa shape index (κ3) is 89.2. The second-order valence-corrected chi connectivity index (χ2v) is 31.9. The number of imidazole rings is 4. The maximum Gasteiger partial charge on any atom is -0.159 e. The summed E-state index contributed by atoms with van der Waals surface area (Å²) >= 11 is 0. The summed E-state index contributed by atoms with van der Waals surface area (Å²) in [5, 5.41) is 0. The summed E-state index contributed by atoms with van der Waals surface area (Å²) in [5.74, 6) is 0. The van der Waals surface area contributed by atoms with Crippen LogP contribution in [0.15, 0.2) is 74.9 Å². The van der Waals surface area contributed by atoms with E-state index in [1.807, 2.05) is 0 Å². The predicted molar refractivity (Wildman–Crippen MR) is 405 cm³/mol. The van der Waals surface area contributed by atoms with Crippen molar-refractivity contribution in [3.8, 4) is 0 Å². The van der Waals surface area contributed by atoms with Crippen LogP contribution in [0.4, 0.5) is 25.2 Å². The summed E-state index contributed by atoms with van der Waals surface area (Å²) in [6.07, 6.45) is 106. The van der Waals surface area contributed by atoms with E-state index >= 15 is 0 Å². The van der Waals surface area contributed by atoms with Crippen molar-refractivity contribution in [3.63, 3.8) is 0 Å². The minimum atomic E-state index is -10.7. The Bertz CT molecular complexity index is 2070. The Balaban J connectivity index is 0. The molecule has 0 fully saturated rings. The molecule has 0 aliphatic heterocycles. The van der Waals surface area contributed by atoms with Gasteiger partial charge in [0, 0.05) is 0 Å². The van der Waals surface area contributed by atoms with Gasteiger partial charge < -0.3 is 19.2 Å². The van der Waals surface area contributed by atoms with E-state index < -0.39 is 15.6 Å². The number of aryl methyl sites for hydroxylation is 8. The monoisotopic (exact) mass is 1470 g/mol. The maximum atomic E-state index is 9.87. The van der Waals surface area contributed by atoms with E-state index in [2.05, 4.69) is 167 Å². The number of phosphoric acid groups is 1. The van der Waals surface area contributed by atoms with E-state index in [9.17, 15) is 25.2 Å². The fourth-order valence-electron chi connectivity index (χ4n) is 12.5. The molecule has 0 saturated carbocycles. The van der Waals surface area contributed by atoms with Crippen LogP contribution in [0.5, 0.6) is 0 Å². The number of hydrogen-bond acceptors (Lipinski definition) is 4. The molecule has 4 aromatic rings. The molecule has 4 aromatic heterocycles. The first-order chi connectivity index (χ1) is 47.8. The normalized spacial score (nSPS) is 12.1. The van der Waals surface area contributed by atoms with Crippen molar-refractivity contribution < 1.29 is 62.7 Å². The van der Waals surface area contributed by atoms with Gasteiger partial charge in [0.05, 0.1) is 54.4 Å². The smallest absolute Gasteiger partial charge is 0.159 e. The zero-order chi connectivity index (χ0) is 74.4. The first kappa shape index (κ1) is 99.0. The van der Waals surface area contributed by atoms with Crippen molar-refractivity contribution in [1.82, 2.24) is 18.3 Å². The van der Waals surface area contributed by atoms with E-state index in [-0.39, 0.29) is 0 Å². The van der Waals surface area contributed by atoms with Gasteiger partial charge in [-0.25, -0.2) is 36.5 Å². The largest absolute Gasteiger partial charge is 0.822 e. The molecule has 0 bridgehead atoms. The van der Waals surface area contributed by atoms with E-state index in [0.717, 1.165) is 0 Å². The van der Waals surface area contributed by atoms with E-state index in [1.54, 1.807) is 0 Å². The summed E-state index contributed by atoms with van der Waals surface area (Å²) in [4.78, 5) is 25.6. The number of halogens is 6. The quantitative estimate of drug-likeness (QED) is 0.0189. The zero-order valence-corrected chi connectivity index (χ0v) is 67.5. The van der Waals surface area contributed by atoms with Crippen LogP contribution >= 0.6 is 15.6 Å². The molecule has 0 N–H and O–H groups in total. The second kappa shape index (κ2) is 66.6. The Kier molecular flexibility index (Phi) is 66.0. The van der Waals surface area contributed by atoms with Crippen LogP contribution in [0.3, 0.4) is 0 Å². The minimum Gasteiger partial charge on any atom is -0.822 e. The van der Waals surface area contributed by atoms with Gasteiger partial charge in [0.25, 0.3) is 0 Å². The van der Waals surface area contributed by atoms with Crippen LogP contribution in [-0.4, -0.2) is 18.3 Å². The van der Waals surface area contributed by atoms with Crippen molar-refractivity contribution in [2.45, 2.75) is 413 Å². The first-order valence-electron chi connectivity index (χ1n) is 41.1. The standard InChI is InChI=1S/4C20H39N2.F6P.H3O4P/c4*1-3-4-5-6-7-8-9-10-11-12-13-14-15-16-17-22-19-18-21(2)20-22;1-7(2,3,4,5)6;1-5(2,3)4/h4*18-20H,3-17H2,1-2H3;;(H3,1,2,3,4)/q4*+1;-1;/p-3. The van der Waals surface area contributed by atoms with Crippen LogP contribution in [0, 0.1) is 0 Å². The molecule has 0 aliphatic rings. The second-order valence-electron chi connectivity index (χ2n) is 29.1. The fourth-order valence-corrected chi connectivity index (χ4v) is 12.5. The molecule has 592 valence electrons. The molecule has 0 aliphatic carbocycles. The van der Waals surface area contributed by atoms with Gasteiger partial charge in [0.1, 0.15) is 49.6 Å². The Morgan fingerprint density at radius 3 is 0.440 bits per heavy atom. The fraction of sp³-hybridized carbons (Fsp3) is 0.850. The number of nitrogens with zero attached hydrogens (tertiary/aromatic N) is 8. The molecule has 0 spiro atoms. The summed E-state index contributed by atoms with van der Waals surface area (Å²) < 4.78 is 85.4. The van der Waals surface area contributed by atoms with Crippen LogP contribution in [0.1, 0.15) is 387 Å². The molecule has 0 atom stereocenters. The molecule has 0 amide bonds. The zero-order valence-electron chi connectivity index (χ0n) is 65.7. The molecule has 0 saturated heterocycles. The molecular weight excluding hydrogens is 1310 g/mol. The SMILES string of the molecule is CCCCCCCCCCCCCCCCn1cc[n+](C)c1.CCCCCCCCCCCCCCCCn1cc[n+](C)c1.CCCCCCCCCCCCCCCCn1cc[n+](C)c1.CCCCCCCCCCCCCCCCn1cc[n+](C)c1.F[P-](F)(F)(F)(F)F.O=P([O-])([O-])[O-]. The molecule has 0 radical (unpaired) electrons. The molecule has 100 heavy (non-hydrogen) atoms. The van der Waals surface area contributed by atoms with Gasteiger partial charge in [0.15, 0.2) is 0 Å². The third-order valence-electron chi connectivity index (χ3n) is 18.4. The summed E-state index contributed by atoms with van der Waals surface area (Å²) in [7, 11) is -7.71. The van der Waals surface area contributed by atoms with Crippen molar-refractivity contribution in [3.05, 3.63) is 74.9 Å².